The number of nitrogens with one attached hydrogen (secondary N) is 1. The molecule has 0 aliphatic heterocycles. The number of hydrogen-bond acceptors (Lipinski definition) is 3. The van der Waals surface area contributed by atoms with Gasteiger partial charge >= 0.3 is 0 Å². The van der Waals surface area contributed by atoms with Crippen molar-refractivity contribution in [3.05, 3.63) is 35.9 Å². The first kappa shape index (κ1) is 19.2. The molecule has 0 aromatic heterocycles. The number of rotatable bonds is 9. The Hall–Kier alpha value is -1.88. The fourth-order valence-corrected chi connectivity index (χ4v) is 2.38. The van der Waals surface area contributed by atoms with Gasteiger partial charge in [0.1, 0.15) is 0 Å². The average molecular weight is 319 g/mol. The highest BCUT2D eigenvalue weighted by Crippen LogP contribution is 2.11. The summed E-state index contributed by atoms with van der Waals surface area (Å²) in [5.41, 5.74) is 1.08. The van der Waals surface area contributed by atoms with Crippen LogP contribution in [0.2, 0.25) is 0 Å². The van der Waals surface area contributed by atoms with Crippen molar-refractivity contribution in [2.24, 2.45) is 0 Å². The first-order valence-corrected chi connectivity index (χ1v) is 8.14. The summed E-state index contributed by atoms with van der Waals surface area (Å²) in [6.45, 7) is 5.61. The molecule has 0 saturated heterocycles. The zero-order valence-corrected chi connectivity index (χ0v) is 14.7. The molecule has 1 rings (SSSR count). The highest BCUT2D eigenvalue weighted by molar-refractivity contribution is 5.78. The Morgan fingerprint density at radius 3 is 2.30 bits per heavy atom. The highest BCUT2D eigenvalue weighted by Gasteiger charge is 2.13. The van der Waals surface area contributed by atoms with E-state index in [0.29, 0.717) is 19.5 Å². The van der Waals surface area contributed by atoms with E-state index in [-0.39, 0.29) is 17.9 Å². The number of hydrogen-bond donors (Lipinski definition) is 1. The maximum atomic E-state index is 12.1. The van der Waals surface area contributed by atoms with Crippen molar-refractivity contribution in [3.63, 3.8) is 0 Å². The highest BCUT2D eigenvalue weighted by atomic mass is 16.2. The Morgan fingerprint density at radius 2 is 1.74 bits per heavy atom. The first-order chi connectivity index (χ1) is 10.9. The van der Waals surface area contributed by atoms with Crippen LogP contribution in [0.4, 0.5) is 0 Å². The molecule has 1 aromatic rings. The summed E-state index contributed by atoms with van der Waals surface area (Å²) in [4.78, 5) is 27.6. The van der Waals surface area contributed by atoms with Crippen molar-refractivity contribution in [3.8, 4) is 0 Å². The van der Waals surface area contributed by atoms with Gasteiger partial charge in [-0.2, -0.15) is 0 Å². The molecule has 2 amide bonds. The van der Waals surface area contributed by atoms with Crippen molar-refractivity contribution in [2.75, 3.05) is 33.7 Å². The lowest BCUT2D eigenvalue weighted by molar-refractivity contribution is -0.129. The largest absolute Gasteiger partial charge is 0.350 e. The van der Waals surface area contributed by atoms with E-state index < -0.39 is 0 Å². The number of nitrogens with zero attached hydrogens (tertiary/aromatic N) is 2. The molecule has 1 atom stereocenters. The topological polar surface area (TPSA) is 52.7 Å². The number of carbonyl (C=O) groups is 2. The van der Waals surface area contributed by atoms with E-state index in [1.165, 1.54) is 0 Å². The lowest BCUT2D eigenvalue weighted by Crippen LogP contribution is -2.36. The van der Waals surface area contributed by atoms with E-state index in [1.807, 2.05) is 51.4 Å². The van der Waals surface area contributed by atoms with Gasteiger partial charge < -0.3 is 15.1 Å². The summed E-state index contributed by atoms with van der Waals surface area (Å²) in [5, 5.41) is 2.98. The molecule has 128 valence electrons. The molecule has 0 radical (unpaired) electrons. The Labute approximate surface area is 139 Å². The third-order valence-corrected chi connectivity index (χ3v) is 3.76. The van der Waals surface area contributed by atoms with Crippen molar-refractivity contribution in [1.29, 1.82) is 0 Å². The SMILES string of the molecule is CC(=O)N(CCCN(C)C)CCC(=O)NC(C)c1ccccc1. The van der Waals surface area contributed by atoms with Gasteiger partial charge in [-0.05, 0) is 39.5 Å². The molecular formula is C18H29N3O2. The number of carbonyl (C=O) groups excluding carboxylic acids is 2. The molecule has 5 nitrogen and oxygen atoms in total. The van der Waals surface area contributed by atoms with Crippen LogP contribution in [-0.2, 0) is 9.59 Å². The molecule has 0 fully saturated rings. The van der Waals surface area contributed by atoms with E-state index in [1.54, 1.807) is 11.8 Å². The van der Waals surface area contributed by atoms with Gasteiger partial charge in [0.2, 0.25) is 11.8 Å². The van der Waals surface area contributed by atoms with Gasteiger partial charge in [0.05, 0.1) is 6.04 Å². The molecule has 1 aromatic carbocycles. The van der Waals surface area contributed by atoms with Gasteiger partial charge in [0.15, 0.2) is 0 Å². The predicted octanol–water partition coefficient (Wildman–Crippen LogP) is 2.05. The second-order valence-corrected chi connectivity index (χ2v) is 6.11. The zero-order valence-electron chi connectivity index (χ0n) is 14.7. The Balaban J connectivity index is 2.38. The third kappa shape index (κ3) is 7.79. The molecule has 0 spiro atoms. The second kappa shape index (κ2) is 10.0. The minimum atomic E-state index is -0.0276. The van der Waals surface area contributed by atoms with Crippen molar-refractivity contribution in [1.82, 2.24) is 15.1 Å². The molecule has 0 saturated carbocycles. The lowest BCUT2D eigenvalue weighted by atomic mass is 10.1. The van der Waals surface area contributed by atoms with E-state index in [9.17, 15) is 9.59 Å². The summed E-state index contributed by atoms with van der Waals surface area (Å²) in [6, 6.07) is 9.84. The van der Waals surface area contributed by atoms with Crippen LogP contribution in [0, 0.1) is 0 Å². The smallest absolute Gasteiger partial charge is 0.222 e. The fourth-order valence-electron chi connectivity index (χ4n) is 2.38. The maximum absolute atomic E-state index is 12.1. The minimum Gasteiger partial charge on any atom is -0.350 e. The fraction of sp³-hybridized carbons (Fsp3) is 0.556. The Morgan fingerprint density at radius 1 is 1.09 bits per heavy atom. The quantitative estimate of drug-likeness (QED) is 0.758. The monoisotopic (exact) mass is 319 g/mol. The summed E-state index contributed by atoms with van der Waals surface area (Å²) < 4.78 is 0. The average Bonchev–Trinajstić information content (AvgIpc) is 2.50. The van der Waals surface area contributed by atoms with Gasteiger partial charge in [-0.25, -0.2) is 0 Å². The van der Waals surface area contributed by atoms with E-state index in [2.05, 4.69) is 10.2 Å². The van der Waals surface area contributed by atoms with Crippen LogP contribution in [-0.4, -0.2) is 55.3 Å². The van der Waals surface area contributed by atoms with Crippen LogP contribution >= 0.6 is 0 Å². The van der Waals surface area contributed by atoms with Crippen LogP contribution in [0.3, 0.4) is 0 Å². The Bertz CT molecular complexity index is 488. The molecule has 0 aliphatic rings. The van der Waals surface area contributed by atoms with E-state index in [0.717, 1.165) is 18.5 Å². The van der Waals surface area contributed by atoms with Gasteiger partial charge in [-0.1, -0.05) is 30.3 Å². The Kier molecular flexibility index (Phi) is 8.33. The number of benzene rings is 1. The van der Waals surface area contributed by atoms with Crippen molar-refractivity contribution < 1.29 is 9.59 Å². The molecule has 0 heterocycles. The lowest BCUT2D eigenvalue weighted by Gasteiger charge is -2.22. The summed E-state index contributed by atoms with van der Waals surface area (Å²) in [5.74, 6) is -0.00660. The van der Waals surface area contributed by atoms with Crippen LogP contribution in [0.5, 0.6) is 0 Å². The van der Waals surface area contributed by atoms with Crippen LogP contribution in [0.15, 0.2) is 30.3 Å². The second-order valence-electron chi connectivity index (χ2n) is 6.11. The third-order valence-electron chi connectivity index (χ3n) is 3.76. The van der Waals surface area contributed by atoms with Gasteiger partial charge in [-0.15, -0.1) is 0 Å². The van der Waals surface area contributed by atoms with Crippen LogP contribution < -0.4 is 5.32 Å². The number of amides is 2. The zero-order chi connectivity index (χ0) is 17.2. The van der Waals surface area contributed by atoms with Crippen molar-refractivity contribution in [2.45, 2.75) is 32.7 Å². The summed E-state index contributed by atoms with van der Waals surface area (Å²) in [6.07, 6.45) is 1.24. The van der Waals surface area contributed by atoms with Gasteiger partial charge in [-0.3, -0.25) is 9.59 Å². The standard InChI is InChI=1S/C18H29N3O2/c1-15(17-9-6-5-7-10-17)19-18(23)11-14-21(16(2)22)13-8-12-20(3)4/h5-7,9-10,15H,8,11-14H2,1-4H3,(H,19,23). The molecule has 0 aliphatic carbocycles. The van der Waals surface area contributed by atoms with Crippen LogP contribution in [0.25, 0.3) is 0 Å². The normalized spacial score (nSPS) is 12.0. The molecule has 5 heteroatoms. The minimum absolute atomic E-state index is 0.0210. The molecule has 1 N–H and O–H groups in total. The molecule has 23 heavy (non-hydrogen) atoms. The van der Waals surface area contributed by atoms with E-state index in [4.69, 9.17) is 0 Å². The van der Waals surface area contributed by atoms with Gasteiger partial charge in [0, 0.05) is 26.4 Å². The molecular weight excluding hydrogens is 290 g/mol. The van der Waals surface area contributed by atoms with Crippen LogP contribution in [0.1, 0.15) is 38.3 Å². The first-order valence-electron chi connectivity index (χ1n) is 8.14. The van der Waals surface area contributed by atoms with Gasteiger partial charge in [0.25, 0.3) is 0 Å². The molecule has 1 unspecified atom stereocenters. The summed E-state index contributed by atoms with van der Waals surface area (Å²) >= 11 is 0. The summed E-state index contributed by atoms with van der Waals surface area (Å²) in [7, 11) is 4.02. The predicted molar refractivity (Wildman–Crippen MR) is 93.0 cm³/mol. The maximum Gasteiger partial charge on any atom is 0.222 e. The van der Waals surface area contributed by atoms with E-state index >= 15 is 0 Å². The molecule has 0 bridgehead atoms. The van der Waals surface area contributed by atoms with Crippen molar-refractivity contribution >= 4 is 11.8 Å².